The van der Waals surface area contributed by atoms with Crippen molar-refractivity contribution >= 4 is 5.97 Å². The van der Waals surface area contributed by atoms with E-state index in [1.54, 1.807) is 6.92 Å². The van der Waals surface area contributed by atoms with E-state index in [1.165, 1.54) is 0 Å². The van der Waals surface area contributed by atoms with E-state index >= 15 is 0 Å². The summed E-state index contributed by atoms with van der Waals surface area (Å²) in [5, 5.41) is 0. The van der Waals surface area contributed by atoms with Gasteiger partial charge < -0.3 is 9.47 Å². The second-order valence-corrected chi connectivity index (χ2v) is 4.34. The van der Waals surface area contributed by atoms with Crippen LogP contribution in [0.3, 0.4) is 0 Å². The molecule has 0 fully saturated rings. The number of rotatable bonds is 6. The molecule has 0 rings (SSSR count). The average Bonchev–Trinajstić information content (AvgIpc) is 2.16. The summed E-state index contributed by atoms with van der Waals surface area (Å²) in [6.07, 6.45) is -0.912. The van der Waals surface area contributed by atoms with E-state index in [1.807, 2.05) is 51.8 Å². The SMILES string of the molecule is CC(OC(C)N(C)C)C(=O)OC(C)N(C)C. The van der Waals surface area contributed by atoms with Gasteiger partial charge in [0.1, 0.15) is 6.23 Å². The maximum atomic E-state index is 11.6. The fraction of sp³-hybridized carbons (Fsp3) is 0.909. The summed E-state index contributed by atoms with van der Waals surface area (Å²) in [5.74, 6) is -0.338. The molecule has 0 aromatic carbocycles. The van der Waals surface area contributed by atoms with Gasteiger partial charge in [-0.05, 0) is 49.0 Å². The van der Waals surface area contributed by atoms with Gasteiger partial charge in [0.15, 0.2) is 12.3 Å². The first-order valence-electron chi connectivity index (χ1n) is 5.44. The smallest absolute Gasteiger partial charge is 0.336 e. The fourth-order valence-corrected chi connectivity index (χ4v) is 0.842. The lowest BCUT2D eigenvalue weighted by molar-refractivity contribution is -0.175. The Hall–Kier alpha value is -0.650. The topological polar surface area (TPSA) is 42.0 Å². The Labute approximate surface area is 98.3 Å². The minimum Gasteiger partial charge on any atom is -0.445 e. The Balaban J connectivity index is 4.09. The molecule has 0 spiro atoms. The van der Waals surface area contributed by atoms with Crippen molar-refractivity contribution in [3.05, 3.63) is 0 Å². The van der Waals surface area contributed by atoms with Gasteiger partial charge in [-0.25, -0.2) is 4.79 Å². The van der Waals surface area contributed by atoms with Crippen LogP contribution in [0.2, 0.25) is 0 Å². The van der Waals surface area contributed by atoms with E-state index in [-0.39, 0.29) is 18.4 Å². The third-order valence-electron chi connectivity index (χ3n) is 2.47. The van der Waals surface area contributed by atoms with Gasteiger partial charge >= 0.3 is 5.97 Å². The minimum atomic E-state index is -0.556. The van der Waals surface area contributed by atoms with Gasteiger partial charge in [0.05, 0.1) is 0 Å². The van der Waals surface area contributed by atoms with Crippen LogP contribution < -0.4 is 0 Å². The molecule has 0 heterocycles. The van der Waals surface area contributed by atoms with Crippen molar-refractivity contribution in [3.63, 3.8) is 0 Å². The molecule has 0 radical (unpaired) electrons. The largest absolute Gasteiger partial charge is 0.445 e. The molecular weight excluding hydrogens is 208 g/mol. The van der Waals surface area contributed by atoms with Crippen LogP contribution in [0.1, 0.15) is 20.8 Å². The zero-order chi connectivity index (χ0) is 12.9. The molecular formula is C11H24N2O3. The van der Waals surface area contributed by atoms with Crippen LogP contribution in [-0.2, 0) is 14.3 Å². The van der Waals surface area contributed by atoms with Crippen LogP contribution in [0.25, 0.3) is 0 Å². The maximum absolute atomic E-state index is 11.6. The average molecular weight is 232 g/mol. The summed E-state index contributed by atoms with van der Waals surface area (Å²) in [6.45, 7) is 5.41. The van der Waals surface area contributed by atoms with E-state index in [0.717, 1.165) is 0 Å². The van der Waals surface area contributed by atoms with Crippen molar-refractivity contribution in [2.75, 3.05) is 28.2 Å². The van der Waals surface area contributed by atoms with Gasteiger partial charge in [-0.3, -0.25) is 9.80 Å². The Bertz CT molecular complexity index is 219. The number of esters is 1. The Kier molecular flexibility index (Phi) is 6.55. The molecule has 16 heavy (non-hydrogen) atoms. The molecule has 96 valence electrons. The quantitative estimate of drug-likeness (QED) is 0.499. The number of hydrogen-bond acceptors (Lipinski definition) is 5. The van der Waals surface area contributed by atoms with Crippen LogP contribution in [0.15, 0.2) is 0 Å². The predicted octanol–water partition coefficient (Wildman–Crippen LogP) is 0.750. The first-order chi connectivity index (χ1) is 7.25. The van der Waals surface area contributed by atoms with Crippen LogP contribution >= 0.6 is 0 Å². The van der Waals surface area contributed by atoms with Gasteiger partial charge in [-0.1, -0.05) is 0 Å². The monoisotopic (exact) mass is 232 g/mol. The molecule has 0 aromatic rings. The lowest BCUT2D eigenvalue weighted by Gasteiger charge is -2.26. The van der Waals surface area contributed by atoms with E-state index in [9.17, 15) is 4.79 Å². The van der Waals surface area contributed by atoms with Crippen LogP contribution in [0, 0.1) is 0 Å². The third-order valence-corrected chi connectivity index (χ3v) is 2.47. The molecule has 0 amide bonds. The van der Waals surface area contributed by atoms with E-state index in [0.29, 0.717) is 0 Å². The van der Waals surface area contributed by atoms with Crippen LogP contribution in [-0.4, -0.2) is 62.5 Å². The summed E-state index contributed by atoms with van der Waals surface area (Å²) in [6, 6.07) is 0. The van der Waals surface area contributed by atoms with Gasteiger partial charge in [0.25, 0.3) is 0 Å². The van der Waals surface area contributed by atoms with Gasteiger partial charge in [-0.15, -0.1) is 0 Å². The first-order valence-corrected chi connectivity index (χ1v) is 5.44. The van der Waals surface area contributed by atoms with E-state index in [2.05, 4.69) is 0 Å². The molecule has 0 aliphatic heterocycles. The molecule has 0 aliphatic rings. The zero-order valence-electron chi connectivity index (χ0n) is 11.4. The highest BCUT2D eigenvalue weighted by molar-refractivity contribution is 5.74. The number of carbonyl (C=O) groups is 1. The summed E-state index contributed by atoms with van der Waals surface area (Å²) >= 11 is 0. The number of carbonyl (C=O) groups excluding carboxylic acids is 1. The van der Waals surface area contributed by atoms with Crippen molar-refractivity contribution in [3.8, 4) is 0 Å². The maximum Gasteiger partial charge on any atom is 0.336 e. The molecule has 3 atom stereocenters. The van der Waals surface area contributed by atoms with Gasteiger partial charge in [0, 0.05) is 0 Å². The number of nitrogens with zero attached hydrogens (tertiary/aromatic N) is 2. The summed E-state index contributed by atoms with van der Waals surface area (Å²) < 4.78 is 10.7. The second kappa shape index (κ2) is 6.83. The predicted molar refractivity (Wildman–Crippen MR) is 62.9 cm³/mol. The number of hydrogen-bond donors (Lipinski definition) is 0. The number of ether oxygens (including phenoxy) is 2. The Morgan fingerprint density at radius 3 is 1.75 bits per heavy atom. The van der Waals surface area contributed by atoms with Crippen molar-refractivity contribution in [2.24, 2.45) is 0 Å². The molecule has 0 bridgehead atoms. The van der Waals surface area contributed by atoms with Crippen molar-refractivity contribution in [1.29, 1.82) is 0 Å². The minimum absolute atomic E-state index is 0.114. The second-order valence-electron chi connectivity index (χ2n) is 4.34. The molecule has 0 saturated heterocycles. The molecule has 3 unspecified atom stereocenters. The van der Waals surface area contributed by atoms with Gasteiger partial charge in [0.2, 0.25) is 0 Å². The molecule has 0 aromatic heterocycles. The molecule has 0 N–H and O–H groups in total. The standard InChI is InChI=1S/C11H24N2O3/c1-8(15-9(2)12(4)5)11(14)16-10(3)13(6)7/h8-10H,1-7H3. The Morgan fingerprint density at radius 2 is 1.38 bits per heavy atom. The van der Waals surface area contributed by atoms with Crippen molar-refractivity contribution in [2.45, 2.75) is 39.3 Å². The van der Waals surface area contributed by atoms with Crippen molar-refractivity contribution in [1.82, 2.24) is 9.80 Å². The molecule has 5 heteroatoms. The van der Waals surface area contributed by atoms with Gasteiger partial charge in [-0.2, -0.15) is 0 Å². The summed E-state index contributed by atoms with van der Waals surface area (Å²) in [4.78, 5) is 15.3. The fourth-order valence-electron chi connectivity index (χ4n) is 0.842. The first kappa shape index (κ1) is 15.3. The Morgan fingerprint density at radius 1 is 0.938 bits per heavy atom. The highest BCUT2D eigenvalue weighted by Crippen LogP contribution is 2.05. The third kappa shape index (κ3) is 5.44. The molecule has 5 nitrogen and oxygen atoms in total. The highest BCUT2D eigenvalue weighted by Gasteiger charge is 2.21. The van der Waals surface area contributed by atoms with E-state index in [4.69, 9.17) is 9.47 Å². The van der Waals surface area contributed by atoms with Crippen LogP contribution in [0.4, 0.5) is 0 Å². The van der Waals surface area contributed by atoms with Crippen molar-refractivity contribution < 1.29 is 14.3 Å². The zero-order valence-corrected chi connectivity index (χ0v) is 11.4. The lowest BCUT2D eigenvalue weighted by Crippen LogP contribution is -2.38. The lowest BCUT2D eigenvalue weighted by atomic mass is 10.4. The molecule has 0 aliphatic carbocycles. The highest BCUT2D eigenvalue weighted by atomic mass is 16.6. The normalized spacial score (nSPS) is 17.3. The molecule has 0 saturated carbocycles. The summed E-state index contributed by atoms with van der Waals surface area (Å²) in [7, 11) is 7.49. The summed E-state index contributed by atoms with van der Waals surface area (Å²) in [5.41, 5.74) is 0. The van der Waals surface area contributed by atoms with Crippen LogP contribution in [0.5, 0.6) is 0 Å². The van der Waals surface area contributed by atoms with E-state index < -0.39 is 6.10 Å².